The van der Waals surface area contributed by atoms with Crippen molar-refractivity contribution in [3.63, 3.8) is 0 Å². The summed E-state index contributed by atoms with van der Waals surface area (Å²) in [6.07, 6.45) is 0.857. The van der Waals surface area contributed by atoms with Gasteiger partial charge in [-0.15, -0.1) is 0 Å². The Labute approximate surface area is 122 Å². The second-order valence-corrected chi connectivity index (χ2v) is 8.20. The molecule has 0 amide bonds. The van der Waals surface area contributed by atoms with Crippen molar-refractivity contribution in [1.82, 2.24) is 0 Å². The Hall–Kier alpha value is -1.75. The van der Waals surface area contributed by atoms with E-state index in [1.54, 1.807) is 24.3 Å². The molecule has 3 aliphatic rings. The number of ketones is 2. The lowest BCUT2D eigenvalue weighted by Crippen LogP contribution is -2.39. The van der Waals surface area contributed by atoms with E-state index in [1.807, 2.05) is 0 Å². The normalized spacial score (nSPS) is 29.9. The first-order valence-corrected chi connectivity index (χ1v) is 8.86. The lowest BCUT2D eigenvalue weighted by Gasteiger charge is -2.34. The van der Waals surface area contributed by atoms with Gasteiger partial charge in [-0.25, -0.2) is 8.42 Å². The number of carbonyl (C=O) groups excluding carboxylic acids is 2. The third-order valence-corrected chi connectivity index (χ3v) is 6.41. The molecule has 4 rings (SSSR count). The SMILES string of the molecule is O=C1c2ccccc2C(=O)[C@@H]2CC3=C(C[C@@H]12)CS(=O)(=O)C3. The van der Waals surface area contributed by atoms with Crippen LogP contribution in [-0.4, -0.2) is 31.5 Å². The zero-order valence-corrected chi connectivity index (χ0v) is 12.2. The van der Waals surface area contributed by atoms with Gasteiger partial charge in [-0.2, -0.15) is 0 Å². The van der Waals surface area contributed by atoms with Crippen molar-refractivity contribution in [3.05, 3.63) is 46.5 Å². The third kappa shape index (κ3) is 1.83. The molecule has 0 saturated carbocycles. The van der Waals surface area contributed by atoms with Gasteiger partial charge >= 0.3 is 0 Å². The first-order chi connectivity index (χ1) is 9.96. The molecule has 1 aromatic carbocycles. The van der Waals surface area contributed by atoms with Gasteiger partial charge in [-0.05, 0) is 12.8 Å². The minimum atomic E-state index is -3.07. The zero-order chi connectivity index (χ0) is 14.8. The molecule has 4 nitrogen and oxygen atoms in total. The molecule has 21 heavy (non-hydrogen) atoms. The second kappa shape index (κ2) is 4.13. The van der Waals surface area contributed by atoms with Gasteiger partial charge in [-0.3, -0.25) is 9.59 Å². The number of rotatable bonds is 0. The summed E-state index contributed by atoms with van der Waals surface area (Å²) in [5, 5.41) is 0. The zero-order valence-electron chi connectivity index (χ0n) is 11.3. The summed E-state index contributed by atoms with van der Waals surface area (Å²) in [4.78, 5) is 25.2. The van der Waals surface area contributed by atoms with Crippen LogP contribution in [0.5, 0.6) is 0 Å². The summed E-state index contributed by atoms with van der Waals surface area (Å²) < 4.78 is 23.5. The maximum absolute atomic E-state index is 12.6. The summed E-state index contributed by atoms with van der Waals surface area (Å²) >= 11 is 0. The Bertz CT molecular complexity index is 755. The predicted octanol–water partition coefficient (Wildman–Crippen LogP) is 1.82. The molecular formula is C16H14O4S. The van der Waals surface area contributed by atoms with Gasteiger partial charge in [-0.1, -0.05) is 35.4 Å². The van der Waals surface area contributed by atoms with Gasteiger partial charge in [0.05, 0.1) is 11.5 Å². The van der Waals surface area contributed by atoms with Crippen molar-refractivity contribution in [2.75, 3.05) is 11.5 Å². The lowest BCUT2D eigenvalue weighted by atomic mass is 9.66. The van der Waals surface area contributed by atoms with Crippen LogP contribution in [0.3, 0.4) is 0 Å². The Morgan fingerprint density at radius 3 is 1.67 bits per heavy atom. The average Bonchev–Trinajstić information content (AvgIpc) is 2.76. The topological polar surface area (TPSA) is 68.3 Å². The predicted molar refractivity (Wildman–Crippen MR) is 77.0 cm³/mol. The number of hydrogen-bond donors (Lipinski definition) is 0. The molecule has 2 atom stereocenters. The molecule has 5 heteroatoms. The van der Waals surface area contributed by atoms with E-state index in [9.17, 15) is 18.0 Å². The van der Waals surface area contributed by atoms with Crippen LogP contribution < -0.4 is 0 Å². The first-order valence-electron chi connectivity index (χ1n) is 7.04. The van der Waals surface area contributed by atoms with E-state index >= 15 is 0 Å². The summed E-state index contributed by atoms with van der Waals surface area (Å²) in [7, 11) is -3.07. The first kappa shape index (κ1) is 13.0. The van der Waals surface area contributed by atoms with Crippen LogP contribution in [0.2, 0.25) is 0 Å². The van der Waals surface area contributed by atoms with Crippen LogP contribution in [0.4, 0.5) is 0 Å². The molecule has 2 aliphatic carbocycles. The molecule has 0 saturated heterocycles. The fraction of sp³-hybridized carbons (Fsp3) is 0.375. The maximum atomic E-state index is 12.6. The quantitative estimate of drug-likeness (QED) is 0.686. The van der Waals surface area contributed by atoms with Gasteiger partial charge in [0, 0.05) is 23.0 Å². The van der Waals surface area contributed by atoms with Gasteiger partial charge < -0.3 is 0 Å². The summed E-state index contributed by atoms with van der Waals surface area (Å²) in [6, 6.07) is 6.91. The Morgan fingerprint density at radius 2 is 1.24 bits per heavy atom. The molecule has 0 fully saturated rings. The molecule has 0 unspecified atom stereocenters. The number of benzene rings is 1. The van der Waals surface area contributed by atoms with Gasteiger partial charge in [0.2, 0.25) is 0 Å². The molecule has 1 heterocycles. The number of Topliss-reactive ketones (excluding diaryl/α,β-unsaturated/α-hetero) is 2. The molecule has 0 radical (unpaired) electrons. The highest BCUT2D eigenvalue weighted by atomic mass is 32.2. The van der Waals surface area contributed by atoms with E-state index in [2.05, 4.69) is 0 Å². The molecule has 108 valence electrons. The highest BCUT2D eigenvalue weighted by Crippen LogP contribution is 2.44. The minimum absolute atomic E-state index is 0.00829. The van der Waals surface area contributed by atoms with E-state index in [4.69, 9.17) is 0 Å². The molecule has 1 aromatic rings. The summed E-state index contributed by atoms with van der Waals surface area (Å²) in [6.45, 7) is 0. The second-order valence-electron chi connectivity index (χ2n) is 6.13. The minimum Gasteiger partial charge on any atom is -0.294 e. The average molecular weight is 302 g/mol. The fourth-order valence-electron chi connectivity index (χ4n) is 3.87. The van der Waals surface area contributed by atoms with Crippen molar-refractivity contribution in [1.29, 1.82) is 0 Å². The molecule has 0 spiro atoms. The highest BCUT2D eigenvalue weighted by molar-refractivity contribution is 7.92. The van der Waals surface area contributed by atoms with E-state index in [0.29, 0.717) is 24.0 Å². The standard InChI is InChI=1S/C16H14O4S/c17-15-11-3-1-2-4-12(11)16(18)14-6-10-8-21(19,20)7-9(10)5-13(14)15/h1-4,13-14H,5-8H2/t13-,14-/m1/s1. The summed E-state index contributed by atoms with van der Waals surface area (Å²) in [5.41, 5.74) is 2.73. The third-order valence-electron chi connectivity index (χ3n) is 4.84. The number of fused-ring (bicyclic) bond motifs is 2. The van der Waals surface area contributed by atoms with E-state index in [0.717, 1.165) is 11.1 Å². The van der Waals surface area contributed by atoms with Crippen LogP contribution in [0, 0.1) is 11.8 Å². The lowest BCUT2D eigenvalue weighted by molar-refractivity contribution is 0.0722. The Balaban J connectivity index is 1.78. The van der Waals surface area contributed by atoms with Crippen LogP contribution >= 0.6 is 0 Å². The van der Waals surface area contributed by atoms with Crippen molar-refractivity contribution in [2.24, 2.45) is 11.8 Å². The fourth-order valence-corrected chi connectivity index (χ4v) is 5.68. The van der Waals surface area contributed by atoms with Crippen LogP contribution in [0.25, 0.3) is 0 Å². The molecule has 0 bridgehead atoms. The number of sulfone groups is 1. The monoisotopic (exact) mass is 302 g/mol. The molecule has 0 N–H and O–H groups in total. The maximum Gasteiger partial charge on any atom is 0.167 e. The van der Waals surface area contributed by atoms with Crippen molar-refractivity contribution in [2.45, 2.75) is 12.8 Å². The van der Waals surface area contributed by atoms with E-state index < -0.39 is 9.84 Å². The van der Waals surface area contributed by atoms with E-state index in [1.165, 1.54) is 0 Å². The number of carbonyl (C=O) groups is 2. The van der Waals surface area contributed by atoms with Gasteiger partial charge in [0.15, 0.2) is 21.4 Å². The smallest absolute Gasteiger partial charge is 0.167 e. The van der Waals surface area contributed by atoms with Gasteiger partial charge in [0.25, 0.3) is 0 Å². The van der Waals surface area contributed by atoms with Crippen LogP contribution in [0.1, 0.15) is 33.6 Å². The van der Waals surface area contributed by atoms with Crippen molar-refractivity contribution in [3.8, 4) is 0 Å². The Kier molecular flexibility index (Phi) is 2.55. The van der Waals surface area contributed by atoms with Crippen LogP contribution in [0.15, 0.2) is 35.4 Å². The molecule has 0 aromatic heterocycles. The van der Waals surface area contributed by atoms with Gasteiger partial charge in [0.1, 0.15) is 0 Å². The van der Waals surface area contributed by atoms with Crippen molar-refractivity contribution >= 4 is 21.4 Å². The van der Waals surface area contributed by atoms with E-state index in [-0.39, 0.29) is 34.9 Å². The summed E-state index contributed by atoms with van der Waals surface area (Å²) in [5.74, 6) is -0.639. The number of hydrogen-bond acceptors (Lipinski definition) is 4. The van der Waals surface area contributed by atoms with Crippen molar-refractivity contribution < 1.29 is 18.0 Å². The Morgan fingerprint density at radius 1 is 0.810 bits per heavy atom. The molecular weight excluding hydrogens is 288 g/mol. The molecule has 1 aliphatic heterocycles. The van der Waals surface area contributed by atoms with Crippen LogP contribution in [-0.2, 0) is 9.84 Å². The largest absolute Gasteiger partial charge is 0.294 e. The highest BCUT2D eigenvalue weighted by Gasteiger charge is 2.46.